The topological polar surface area (TPSA) is 79.5 Å². The first-order valence-electron chi connectivity index (χ1n) is 6.33. The molecule has 0 radical (unpaired) electrons. The van der Waals surface area contributed by atoms with Gasteiger partial charge in [0, 0.05) is 19.6 Å². The van der Waals surface area contributed by atoms with Gasteiger partial charge in [-0.1, -0.05) is 6.07 Å². The predicted octanol–water partition coefficient (Wildman–Crippen LogP) is 0.298. The highest BCUT2D eigenvalue weighted by molar-refractivity contribution is 7.89. The molecule has 0 bridgehead atoms. The van der Waals surface area contributed by atoms with Gasteiger partial charge >= 0.3 is 0 Å². The number of hydrogen-bond donors (Lipinski definition) is 1. The van der Waals surface area contributed by atoms with Gasteiger partial charge in [0.15, 0.2) is 5.03 Å². The van der Waals surface area contributed by atoms with Crippen molar-refractivity contribution in [3.05, 3.63) is 17.7 Å². The van der Waals surface area contributed by atoms with Gasteiger partial charge in [-0.3, -0.25) is 0 Å². The number of nitrogens with two attached hydrogens (primary N) is 1. The van der Waals surface area contributed by atoms with Crippen LogP contribution in [0.5, 0.6) is 0 Å². The summed E-state index contributed by atoms with van der Waals surface area (Å²) >= 11 is 0. The fraction of sp³-hybridized carbons (Fsp3) is 0.583. The molecule has 1 aromatic rings. The summed E-state index contributed by atoms with van der Waals surface area (Å²) in [6.07, 6.45) is 0.830. The summed E-state index contributed by atoms with van der Waals surface area (Å²) in [7, 11) is -1.55. The van der Waals surface area contributed by atoms with E-state index in [1.807, 2.05) is 7.05 Å². The molecule has 2 heterocycles. The highest BCUT2D eigenvalue weighted by atomic mass is 32.2. The summed E-state index contributed by atoms with van der Waals surface area (Å²) in [6.45, 7) is 4.41. The minimum Gasteiger partial charge on any atom is -0.384 e. The molecule has 6 nitrogen and oxygen atoms in total. The molecule has 0 atom stereocenters. The molecule has 2 rings (SSSR count). The number of pyridine rings is 1. The lowest BCUT2D eigenvalue weighted by molar-refractivity contribution is 0.347. The Labute approximate surface area is 114 Å². The molecule has 0 saturated carbocycles. The average Bonchev–Trinajstić information content (AvgIpc) is 2.57. The van der Waals surface area contributed by atoms with Crippen LogP contribution in [0.3, 0.4) is 0 Å². The number of anilines is 1. The highest BCUT2D eigenvalue weighted by Gasteiger charge is 2.28. The van der Waals surface area contributed by atoms with E-state index >= 15 is 0 Å². The van der Waals surface area contributed by atoms with Crippen LogP contribution in [0.2, 0.25) is 0 Å². The lowest BCUT2D eigenvalue weighted by atomic mass is 10.3. The summed E-state index contributed by atoms with van der Waals surface area (Å²) in [6, 6.07) is 3.31. The molecule has 1 aromatic heterocycles. The smallest absolute Gasteiger partial charge is 0.260 e. The van der Waals surface area contributed by atoms with Crippen molar-refractivity contribution in [1.82, 2.24) is 14.2 Å². The summed E-state index contributed by atoms with van der Waals surface area (Å²) in [5.74, 6) is 0.233. The van der Waals surface area contributed by atoms with Crippen LogP contribution in [0, 0.1) is 6.92 Å². The van der Waals surface area contributed by atoms with Crippen molar-refractivity contribution >= 4 is 15.8 Å². The van der Waals surface area contributed by atoms with Gasteiger partial charge in [0.25, 0.3) is 10.0 Å². The second kappa shape index (κ2) is 5.44. The maximum Gasteiger partial charge on any atom is 0.260 e. The fourth-order valence-electron chi connectivity index (χ4n) is 2.17. The molecule has 2 N–H and O–H groups in total. The van der Waals surface area contributed by atoms with E-state index in [-0.39, 0.29) is 10.8 Å². The van der Waals surface area contributed by atoms with Gasteiger partial charge in [0.05, 0.1) is 0 Å². The van der Waals surface area contributed by atoms with Crippen LogP contribution in [0.1, 0.15) is 12.0 Å². The first-order chi connectivity index (χ1) is 8.91. The molecule has 0 amide bonds. The molecule has 1 saturated heterocycles. The van der Waals surface area contributed by atoms with Gasteiger partial charge in [0.1, 0.15) is 5.82 Å². The number of likely N-dealkylation sites (N-methyl/N-ethyl adjacent to an activating group) is 1. The number of aromatic nitrogens is 1. The van der Waals surface area contributed by atoms with Gasteiger partial charge in [-0.2, -0.15) is 4.31 Å². The Bertz CT molecular complexity index is 559. The molecule has 19 heavy (non-hydrogen) atoms. The monoisotopic (exact) mass is 284 g/mol. The second-order valence-corrected chi connectivity index (χ2v) is 6.77. The normalized spacial score (nSPS) is 19.3. The molecule has 0 aliphatic carbocycles. The molecule has 1 aliphatic heterocycles. The van der Waals surface area contributed by atoms with Crippen LogP contribution >= 0.6 is 0 Å². The summed E-state index contributed by atoms with van der Waals surface area (Å²) in [4.78, 5) is 6.14. The van der Waals surface area contributed by atoms with Crippen LogP contribution in [0.15, 0.2) is 17.2 Å². The molecular formula is C12H20N4O2S. The SMILES string of the molecule is Cc1ccc(N)nc1S(=O)(=O)N1CCCN(C)CC1. The first kappa shape index (κ1) is 14.2. The Morgan fingerprint density at radius 1 is 1.21 bits per heavy atom. The van der Waals surface area contributed by atoms with Crippen LogP contribution < -0.4 is 5.73 Å². The lowest BCUT2D eigenvalue weighted by Crippen LogP contribution is -2.35. The van der Waals surface area contributed by atoms with E-state index in [1.165, 1.54) is 4.31 Å². The average molecular weight is 284 g/mol. The van der Waals surface area contributed by atoms with Gasteiger partial charge in [-0.05, 0) is 38.6 Å². The molecule has 0 spiro atoms. The Morgan fingerprint density at radius 3 is 2.68 bits per heavy atom. The van der Waals surface area contributed by atoms with Gasteiger partial charge in [-0.25, -0.2) is 13.4 Å². The summed E-state index contributed by atoms with van der Waals surface area (Å²) in [5.41, 5.74) is 6.24. The van der Waals surface area contributed by atoms with Crippen molar-refractivity contribution in [2.45, 2.75) is 18.4 Å². The van der Waals surface area contributed by atoms with Crippen LogP contribution in [0.4, 0.5) is 5.82 Å². The van der Waals surface area contributed by atoms with E-state index in [9.17, 15) is 8.42 Å². The van der Waals surface area contributed by atoms with E-state index in [4.69, 9.17) is 5.73 Å². The van der Waals surface area contributed by atoms with E-state index in [2.05, 4.69) is 9.88 Å². The van der Waals surface area contributed by atoms with Gasteiger partial charge in [0.2, 0.25) is 0 Å². The zero-order valence-corrected chi connectivity index (χ0v) is 12.2. The third kappa shape index (κ3) is 3.05. The van der Waals surface area contributed by atoms with E-state index in [1.54, 1.807) is 19.1 Å². The zero-order valence-electron chi connectivity index (χ0n) is 11.3. The summed E-state index contributed by atoms with van der Waals surface area (Å²) in [5, 5.41) is 0.0806. The quantitative estimate of drug-likeness (QED) is 0.845. The third-order valence-corrected chi connectivity index (χ3v) is 5.28. The molecule has 0 unspecified atom stereocenters. The van der Waals surface area contributed by atoms with Gasteiger partial charge < -0.3 is 10.6 Å². The number of sulfonamides is 1. The largest absolute Gasteiger partial charge is 0.384 e. The minimum atomic E-state index is -3.55. The standard InChI is InChI=1S/C12H20N4O2S/c1-10-4-5-11(13)14-12(10)19(17,18)16-7-3-6-15(2)8-9-16/h4-5H,3,6-9H2,1-2H3,(H2,13,14). The fourth-order valence-corrected chi connectivity index (χ4v) is 3.80. The Kier molecular flexibility index (Phi) is 4.07. The van der Waals surface area contributed by atoms with Crippen molar-refractivity contribution in [2.75, 3.05) is 39.0 Å². The molecular weight excluding hydrogens is 264 g/mol. The van der Waals surface area contributed by atoms with Crippen molar-refractivity contribution in [3.8, 4) is 0 Å². The van der Waals surface area contributed by atoms with Gasteiger partial charge in [-0.15, -0.1) is 0 Å². The number of aryl methyl sites for hydroxylation is 1. The van der Waals surface area contributed by atoms with Crippen molar-refractivity contribution in [2.24, 2.45) is 0 Å². The maximum absolute atomic E-state index is 12.6. The Hall–Kier alpha value is -1.18. The summed E-state index contributed by atoms with van der Waals surface area (Å²) < 4.78 is 26.7. The van der Waals surface area contributed by atoms with Crippen molar-refractivity contribution in [3.63, 3.8) is 0 Å². The number of hydrogen-bond acceptors (Lipinski definition) is 5. The van der Waals surface area contributed by atoms with Crippen LogP contribution in [-0.2, 0) is 10.0 Å². The third-order valence-electron chi connectivity index (χ3n) is 3.33. The lowest BCUT2D eigenvalue weighted by Gasteiger charge is -2.20. The predicted molar refractivity (Wildman–Crippen MR) is 74.3 cm³/mol. The maximum atomic E-state index is 12.6. The first-order valence-corrected chi connectivity index (χ1v) is 7.77. The number of rotatable bonds is 2. The van der Waals surface area contributed by atoms with E-state index in [0.29, 0.717) is 18.7 Å². The minimum absolute atomic E-state index is 0.0806. The Balaban J connectivity index is 2.33. The molecule has 106 valence electrons. The molecule has 1 aliphatic rings. The number of nitrogen functional groups attached to an aromatic ring is 1. The second-order valence-electron chi connectivity index (χ2n) is 4.92. The van der Waals surface area contributed by atoms with Crippen molar-refractivity contribution in [1.29, 1.82) is 0 Å². The molecule has 7 heteroatoms. The molecule has 1 fully saturated rings. The van der Waals surface area contributed by atoms with E-state index in [0.717, 1.165) is 19.5 Å². The molecule has 0 aromatic carbocycles. The van der Waals surface area contributed by atoms with Crippen LogP contribution in [0.25, 0.3) is 0 Å². The van der Waals surface area contributed by atoms with Crippen molar-refractivity contribution < 1.29 is 8.42 Å². The Morgan fingerprint density at radius 2 is 1.95 bits per heavy atom. The number of nitrogens with zero attached hydrogens (tertiary/aromatic N) is 3. The highest BCUT2D eigenvalue weighted by Crippen LogP contribution is 2.20. The van der Waals surface area contributed by atoms with Crippen LogP contribution in [-0.4, -0.2) is 55.8 Å². The van der Waals surface area contributed by atoms with E-state index < -0.39 is 10.0 Å². The zero-order chi connectivity index (χ0) is 14.0.